The number of nitrogens with one attached hydrogen (secondary N) is 1. The zero-order valence-corrected chi connectivity index (χ0v) is 14.4. The van der Waals surface area contributed by atoms with Crippen molar-refractivity contribution in [2.24, 2.45) is 5.92 Å². The predicted molar refractivity (Wildman–Crippen MR) is 93.2 cm³/mol. The Kier molecular flexibility index (Phi) is 4.49. The monoisotopic (exact) mass is 352 g/mol. The smallest absolute Gasteiger partial charge is 0.229 e. The first-order chi connectivity index (χ1) is 12.7. The first-order valence-electron chi connectivity index (χ1n) is 8.53. The summed E-state index contributed by atoms with van der Waals surface area (Å²) >= 11 is 0. The van der Waals surface area contributed by atoms with Gasteiger partial charge >= 0.3 is 0 Å². The molecule has 3 heterocycles. The second-order valence-electron chi connectivity index (χ2n) is 6.30. The number of benzene rings is 1. The van der Waals surface area contributed by atoms with Gasteiger partial charge in [0.15, 0.2) is 0 Å². The molecule has 1 N–H and O–H groups in total. The molecule has 1 fully saturated rings. The molecule has 8 heteroatoms. The molecule has 1 aromatic carbocycles. The van der Waals surface area contributed by atoms with E-state index in [0.717, 1.165) is 11.5 Å². The van der Waals surface area contributed by atoms with Gasteiger partial charge in [-0.1, -0.05) is 18.2 Å². The van der Waals surface area contributed by atoms with Crippen LogP contribution in [0, 0.1) is 5.92 Å². The zero-order chi connectivity index (χ0) is 17.9. The molecular formula is C18H20N6O2. The van der Waals surface area contributed by atoms with Crippen LogP contribution in [0.1, 0.15) is 24.2 Å². The van der Waals surface area contributed by atoms with Gasteiger partial charge in [-0.3, -0.25) is 9.89 Å². The van der Waals surface area contributed by atoms with Gasteiger partial charge in [0.25, 0.3) is 0 Å². The minimum absolute atomic E-state index is 0.0199. The van der Waals surface area contributed by atoms with E-state index in [9.17, 15) is 4.79 Å². The van der Waals surface area contributed by atoms with Gasteiger partial charge < -0.3 is 14.2 Å². The number of hydrogen-bond donors (Lipinski definition) is 1. The van der Waals surface area contributed by atoms with Crippen LogP contribution in [0.25, 0.3) is 5.69 Å². The van der Waals surface area contributed by atoms with E-state index < -0.39 is 0 Å². The summed E-state index contributed by atoms with van der Waals surface area (Å²) in [6.45, 7) is 0.925. The quantitative estimate of drug-likeness (QED) is 0.755. The Labute approximate surface area is 150 Å². The van der Waals surface area contributed by atoms with E-state index in [-0.39, 0.29) is 17.9 Å². The standard InChI is InChI=1S/C18H20N6O2/c1-23(11-15-20-12-21-22-15)18(25)14-7-10-26-16(14)17-19-8-9-24(17)13-5-3-2-4-6-13/h2-6,8-9,12,14,16H,7,10-11H2,1H3,(H,20,21,22)/t14-,16-/m1/s1. The maximum Gasteiger partial charge on any atom is 0.229 e. The molecule has 0 spiro atoms. The topological polar surface area (TPSA) is 88.9 Å². The van der Waals surface area contributed by atoms with E-state index in [1.807, 2.05) is 41.1 Å². The molecule has 8 nitrogen and oxygen atoms in total. The number of imidazole rings is 1. The molecule has 26 heavy (non-hydrogen) atoms. The van der Waals surface area contributed by atoms with Crippen molar-refractivity contribution >= 4 is 5.91 Å². The maximum atomic E-state index is 13.0. The molecule has 2 atom stereocenters. The van der Waals surface area contributed by atoms with Crippen LogP contribution >= 0.6 is 0 Å². The average Bonchev–Trinajstić information content (AvgIpc) is 3.42. The van der Waals surface area contributed by atoms with Crippen molar-refractivity contribution in [1.29, 1.82) is 0 Å². The number of H-pyrrole nitrogens is 1. The molecule has 4 rings (SSSR count). The molecule has 1 saturated heterocycles. The number of rotatable bonds is 5. The number of aromatic nitrogens is 5. The van der Waals surface area contributed by atoms with Crippen LogP contribution in [0.4, 0.5) is 0 Å². The Balaban J connectivity index is 1.56. The molecule has 0 bridgehead atoms. The van der Waals surface area contributed by atoms with Crippen LogP contribution in [-0.2, 0) is 16.1 Å². The van der Waals surface area contributed by atoms with Gasteiger partial charge in [0.05, 0.1) is 12.5 Å². The van der Waals surface area contributed by atoms with Crippen LogP contribution in [0.5, 0.6) is 0 Å². The second kappa shape index (κ2) is 7.09. The van der Waals surface area contributed by atoms with Crippen molar-refractivity contribution in [2.45, 2.75) is 19.1 Å². The number of para-hydroxylation sites is 1. The Morgan fingerprint density at radius 3 is 2.96 bits per heavy atom. The molecule has 1 aliphatic heterocycles. The van der Waals surface area contributed by atoms with Crippen LogP contribution in [0.2, 0.25) is 0 Å². The summed E-state index contributed by atoms with van der Waals surface area (Å²) in [5.41, 5.74) is 0.997. The highest BCUT2D eigenvalue weighted by Crippen LogP contribution is 2.35. The minimum Gasteiger partial charge on any atom is -0.369 e. The lowest BCUT2D eigenvalue weighted by molar-refractivity contribution is -0.136. The lowest BCUT2D eigenvalue weighted by Gasteiger charge is -2.24. The highest BCUT2D eigenvalue weighted by molar-refractivity contribution is 5.79. The van der Waals surface area contributed by atoms with Crippen molar-refractivity contribution in [3.63, 3.8) is 0 Å². The third-order valence-corrected chi connectivity index (χ3v) is 4.60. The molecule has 1 aliphatic rings. The molecule has 2 aromatic heterocycles. The summed E-state index contributed by atoms with van der Waals surface area (Å²) in [6, 6.07) is 9.93. The third kappa shape index (κ3) is 3.11. The average molecular weight is 352 g/mol. The number of nitrogens with zero attached hydrogens (tertiary/aromatic N) is 5. The Morgan fingerprint density at radius 2 is 2.19 bits per heavy atom. The molecule has 0 radical (unpaired) electrons. The second-order valence-corrected chi connectivity index (χ2v) is 6.30. The molecule has 0 unspecified atom stereocenters. The van der Waals surface area contributed by atoms with Gasteiger partial charge in [0.2, 0.25) is 5.91 Å². The number of aromatic amines is 1. The highest BCUT2D eigenvalue weighted by atomic mass is 16.5. The van der Waals surface area contributed by atoms with Crippen LogP contribution in [-0.4, -0.2) is 49.2 Å². The predicted octanol–water partition coefficient (Wildman–Crippen LogP) is 1.73. The van der Waals surface area contributed by atoms with E-state index in [2.05, 4.69) is 20.2 Å². The first kappa shape index (κ1) is 16.5. The lowest BCUT2D eigenvalue weighted by Crippen LogP contribution is -2.34. The zero-order valence-electron chi connectivity index (χ0n) is 14.4. The number of ether oxygens (including phenoxy) is 1. The number of carbonyl (C=O) groups excluding carboxylic acids is 1. The molecule has 3 aromatic rings. The molecule has 1 amide bonds. The Bertz CT molecular complexity index is 861. The summed E-state index contributed by atoms with van der Waals surface area (Å²) in [4.78, 5) is 23.2. The molecule has 0 aliphatic carbocycles. The normalized spacial score (nSPS) is 19.6. The number of carbonyl (C=O) groups is 1. The molecular weight excluding hydrogens is 332 g/mol. The molecule has 0 saturated carbocycles. The van der Waals surface area contributed by atoms with E-state index >= 15 is 0 Å². The van der Waals surface area contributed by atoms with Gasteiger partial charge in [-0.25, -0.2) is 9.97 Å². The van der Waals surface area contributed by atoms with Crippen LogP contribution in [0.15, 0.2) is 49.1 Å². The first-order valence-corrected chi connectivity index (χ1v) is 8.53. The minimum atomic E-state index is -0.366. The summed E-state index contributed by atoms with van der Waals surface area (Å²) in [6.07, 6.45) is 5.38. The maximum absolute atomic E-state index is 13.0. The fourth-order valence-corrected chi connectivity index (χ4v) is 3.32. The Hall–Kier alpha value is -3.00. The third-order valence-electron chi connectivity index (χ3n) is 4.60. The summed E-state index contributed by atoms with van der Waals surface area (Å²) in [5, 5.41) is 6.60. The number of hydrogen-bond acceptors (Lipinski definition) is 5. The van der Waals surface area contributed by atoms with Crippen molar-refractivity contribution in [3.8, 4) is 5.69 Å². The summed E-state index contributed by atoms with van der Waals surface area (Å²) in [7, 11) is 1.77. The van der Waals surface area contributed by atoms with E-state index in [0.29, 0.717) is 25.4 Å². The van der Waals surface area contributed by atoms with Crippen LogP contribution in [0.3, 0.4) is 0 Å². The SMILES string of the molecule is CN(Cc1ncn[nH]1)C(=O)[C@@H]1CCO[C@H]1c1nccn1-c1ccccc1. The van der Waals surface area contributed by atoms with Gasteiger partial charge in [-0.2, -0.15) is 5.10 Å². The summed E-state index contributed by atoms with van der Waals surface area (Å²) in [5.74, 6) is 1.15. The van der Waals surface area contributed by atoms with Crippen molar-refractivity contribution < 1.29 is 9.53 Å². The Morgan fingerprint density at radius 1 is 1.35 bits per heavy atom. The summed E-state index contributed by atoms with van der Waals surface area (Å²) < 4.78 is 7.89. The fourth-order valence-electron chi connectivity index (χ4n) is 3.32. The van der Waals surface area contributed by atoms with E-state index in [1.54, 1.807) is 18.1 Å². The van der Waals surface area contributed by atoms with Crippen LogP contribution < -0.4 is 0 Å². The van der Waals surface area contributed by atoms with Gasteiger partial charge in [-0.15, -0.1) is 0 Å². The number of amides is 1. The lowest BCUT2D eigenvalue weighted by atomic mass is 9.99. The highest BCUT2D eigenvalue weighted by Gasteiger charge is 2.39. The largest absolute Gasteiger partial charge is 0.369 e. The van der Waals surface area contributed by atoms with Gasteiger partial charge in [-0.05, 0) is 18.6 Å². The fraction of sp³-hybridized carbons (Fsp3) is 0.333. The van der Waals surface area contributed by atoms with E-state index in [4.69, 9.17) is 4.74 Å². The van der Waals surface area contributed by atoms with Crippen molar-refractivity contribution in [1.82, 2.24) is 29.6 Å². The van der Waals surface area contributed by atoms with E-state index in [1.165, 1.54) is 6.33 Å². The van der Waals surface area contributed by atoms with Gasteiger partial charge in [0.1, 0.15) is 24.1 Å². The molecule has 134 valence electrons. The van der Waals surface area contributed by atoms with Crippen molar-refractivity contribution in [2.75, 3.05) is 13.7 Å². The van der Waals surface area contributed by atoms with Crippen molar-refractivity contribution in [3.05, 3.63) is 60.7 Å². The van der Waals surface area contributed by atoms with Gasteiger partial charge in [0, 0.05) is 31.7 Å².